The Hall–Kier alpha value is -0.280. The summed E-state index contributed by atoms with van der Waals surface area (Å²) < 4.78 is 0. The predicted molar refractivity (Wildman–Crippen MR) is 60.8 cm³/mol. The number of nitrogens with two attached hydrogens (primary N) is 1. The highest BCUT2D eigenvalue weighted by molar-refractivity contribution is 5.85. The molecule has 0 rings (SSSR count). The van der Waals surface area contributed by atoms with Gasteiger partial charge in [0.2, 0.25) is 0 Å². The SMILES string of the molecule is CCCCCCC(C)C(N)C(=O)O.Cl. The van der Waals surface area contributed by atoms with Crippen LogP contribution >= 0.6 is 12.4 Å². The quantitative estimate of drug-likeness (QED) is 0.652. The summed E-state index contributed by atoms with van der Waals surface area (Å²) in [6.07, 6.45) is 5.64. The van der Waals surface area contributed by atoms with Crippen molar-refractivity contribution in [3.63, 3.8) is 0 Å². The number of carboxylic acids is 1. The summed E-state index contributed by atoms with van der Waals surface area (Å²) in [5, 5.41) is 8.63. The van der Waals surface area contributed by atoms with Crippen molar-refractivity contribution < 1.29 is 9.90 Å². The summed E-state index contributed by atoms with van der Waals surface area (Å²) in [6, 6.07) is -0.693. The molecule has 0 saturated heterocycles. The number of unbranched alkanes of at least 4 members (excludes halogenated alkanes) is 3. The van der Waals surface area contributed by atoms with Gasteiger partial charge in [-0.3, -0.25) is 4.79 Å². The largest absolute Gasteiger partial charge is 0.480 e. The molecule has 3 nitrogen and oxygen atoms in total. The molecular formula is C10H22ClNO2. The Morgan fingerprint density at radius 3 is 2.36 bits per heavy atom. The van der Waals surface area contributed by atoms with Crippen LogP contribution in [0.3, 0.4) is 0 Å². The highest BCUT2D eigenvalue weighted by atomic mass is 35.5. The molecule has 0 bridgehead atoms. The molecule has 0 aromatic heterocycles. The molecule has 4 heteroatoms. The molecular weight excluding hydrogens is 202 g/mol. The molecule has 0 aliphatic carbocycles. The smallest absolute Gasteiger partial charge is 0.320 e. The molecule has 2 unspecified atom stereocenters. The third-order valence-corrected chi connectivity index (χ3v) is 2.41. The fourth-order valence-electron chi connectivity index (χ4n) is 1.32. The van der Waals surface area contributed by atoms with E-state index in [1.807, 2.05) is 6.92 Å². The standard InChI is InChI=1S/C10H21NO2.ClH/c1-3-4-5-6-7-8(2)9(11)10(12)13;/h8-9H,3-7,11H2,1-2H3,(H,12,13);1H. The average molecular weight is 224 g/mol. The van der Waals surface area contributed by atoms with Crippen molar-refractivity contribution in [2.24, 2.45) is 11.7 Å². The number of halogens is 1. The number of hydrogen-bond donors (Lipinski definition) is 2. The lowest BCUT2D eigenvalue weighted by atomic mass is 9.96. The average Bonchev–Trinajstić information content (AvgIpc) is 2.10. The van der Waals surface area contributed by atoms with Crippen LogP contribution < -0.4 is 5.73 Å². The fourth-order valence-corrected chi connectivity index (χ4v) is 1.32. The predicted octanol–water partition coefficient (Wildman–Crippen LogP) is 2.43. The maximum Gasteiger partial charge on any atom is 0.320 e. The first-order valence-electron chi connectivity index (χ1n) is 5.08. The molecule has 0 heterocycles. The van der Waals surface area contributed by atoms with Crippen LogP contribution in [0.4, 0.5) is 0 Å². The number of hydrogen-bond acceptors (Lipinski definition) is 2. The van der Waals surface area contributed by atoms with Crippen LogP contribution in [0.15, 0.2) is 0 Å². The first-order valence-corrected chi connectivity index (χ1v) is 5.08. The van der Waals surface area contributed by atoms with Crippen LogP contribution in [-0.2, 0) is 4.79 Å². The minimum absolute atomic E-state index is 0. The summed E-state index contributed by atoms with van der Waals surface area (Å²) >= 11 is 0. The van der Waals surface area contributed by atoms with Crippen molar-refractivity contribution in [2.75, 3.05) is 0 Å². The molecule has 0 spiro atoms. The minimum atomic E-state index is -0.886. The molecule has 0 amide bonds. The van der Waals surface area contributed by atoms with Crippen molar-refractivity contribution in [1.82, 2.24) is 0 Å². The van der Waals surface area contributed by atoms with Crippen LogP contribution in [0, 0.1) is 5.92 Å². The molecule has 0 fully saturated rings. The second kappa shape index (κ2) is 9.28. The third-order valence-electron chi connectivity index (χ3n) is 2.41. The highest BCUT2D eigenvalue weighted by Crippen LogP contribution is 2.12. The molecule has 0 aromatic rings. The number of rotatable bonds is 7. The van der Waals surface area contributed by atoms with Gasteiger partial charge in [-0.2, -0.15) is 0 Å². The second-order valence-electron chi connectivity index (χ2n) is 3.69. The van der Waals surface area contributed by atoms with Crippen LogP contribution in [-0.4, -0.2) is 17.1 Å². The van der Waals surface area contributed by atoms with Crippen LogP contribution in [0.2, 0.25) is 0 Å². The van der Waals surface area contributed by atoms with Gasteiger partial charge in [0, 0.05) is 0 Å². The van der Waals surface area contributed by atoms with Crippen LogP contribution in [0.5, 0.6) is 0 Å². The maximum absolute atomic E-state index is 10.5. The first kappa shape index (κ1) is 16.2. The van der Waals surface area contributed by atoms with Gasteiger partial charge in [0.25, 0.3) is 0 Å². The Balaban J connectivity index is 0. The topological polar surface area (TPSA) is 63.3 Å². The van der Waals surface area contributed by atoms with Gasteiger partial charge in [0.15, 0.2) is 0 Å². The molecule has 0 aliphatic rings. The van der Waals surface area contributed by atoms with Gasteiger partial charge in [-0.15, -0.1) is 12.4 Å². The van der Waals surface area contributed by atoms with E-state index in [1.165, 1.54) is 19.3 Å². The molecule has 86 valence electrons. The van der Waals surface area contributed by atoms with Gasteiger partial charge in [0.05, 0.1) is 0 Å². The normalized spacial score (nSPS) is 14.2. The Labute approximate surface area is 92.5 Å². The summed E-state index contributed by atoms with van der Waals surface area (Å²) in [6.45, 7) is 4.07. The maximum atomic E-state index is 10.5. The van der Waals surface area contributed by atoms with Gasteiger partial charge in [0.1, 0.15) is 6.04 Å². The van der Waals surface area contributed by atoms with Crippen molar-refractivity contribution in [1.29, 1.82) is 0 Å². The molecule has 0 aliphatic heterocycles. The van der Waals surface area contributed by atoms with E-state index in [0.717, 1.165) is 12.8 Å². The van der Waals surface area contributed by atoms with Gasteiger partial charge in [-0.1, -0.05) is 39.5 Å². The molecule has 3 N–H and O–H groups in total. The summed E-state index contributed by atoms with van der Waals surface area (Å²) in [7, 11) is 0. The van der Waals surface area contributed by atoms with E-state index < -0.39 is 12.0 Å². The number of aliphatic carboxylic acids is 1. The summed E-state index contributed by atoms with van der Waals surface area (Å²) in [4.78, 5) is 10.5. The first-order chi connectivity index (χ1) is 6.09. The molecule has 0 aromatic carbocycles. The van der Waals surface area contributed by atoms with Gasteiger partial charge >= 0.3 is 5.97 Å². The second-order valence-corrected chi connectivity index (χ2v) is 3.69. The third kappa shape index (κ3) is 7.15. The van der Waals surface area contributed by atoms with E-state index in [1.54, 1.807) is 0 Å². The van der Waals surface area contributed by atoms with Crippen molar-refractivity contribution in [2.45, 2.75) is 52.0 Å². The monoisotopic (exact) mass is 223 g/mol. The molecule has 0 saturated carbocycles. The number of carbonyl (C=O) groups is 1. The van der Waals surface area contributed by atoms with Crippen molar-refractivity contribution in [3.05, 3.63) is 0 Å². The minimum Gasteiger partial charge on any atom is -0.480 e. The van der Waals surface area contributed by atoms with E-state index >= 15 is 0 Å². The zero-order chi connectivity index (χ0) is 10.3. The highest BCUT2D eigenvalue weighted by Gasteiger charge is 2.18. The zero-order valence-electron chi connectivity index (χ0n) is 9.03. The van der Waals surface area contributed by atoms with Crippen LogP contribution in [0.25, 0.3) is 0 Å². The van der Waals surface area contributed by atoms with Crippen molar-refractivity contribution in [3.8, 4) is 0 Å². The summed E-state index contributed by atoms with van der Waals surface area (Å²) in [5.41, 5.74) is 5.48. The molecule has 14 heavy (non-hydrogen) atoms. The van der Waals surface area contributed by atoms with Gasteiger partial charge in [-0.05, 0) is 12.3 Å². The van der Waals surface area contributed by atoms with Gasteiger partial charge in [-0.25, -0.2) is 0 Å². The molecule has 2 atom stereocenters. The lowest BCUT2D eigenvalue weighted by Gasteiger charge is -2.15. The van der Waals surface area contributed by atoms with Crippen molar-refractivity contribution >= 4 is 18.4 Å². The Kier molecular flexibility index (Phi) is 10.7. The van der Waals surface area contributed by atoms with E-state index in [9.17, 15) is 4.79 Å². The van der Waals surface area contributed by atoms with E-state index in [0.29, 0.717) is 0 Å². The lowest BCUT2D eigenvalue weighted by Crippen LogP contribution is -2.36. The number of carboxylic acid groups (broad SMARTS) is 1. The van der Waals surface area contributed by atoms with Gasteiger partial charge < -0.3 is 10.8 Å². The zero-order valence-corrected chi connectivity index (χ0v) is 9.85. The van der Waals surface area contributed by atoms with E-state index in [2.05, 4.69) is 6.92 Å². The Morgan fingerprint density at radius 1 is 1.36 bits per heavy atom. The Morgan fingerprint density at radius 2 is 1.93 bits per heavy atom. The summed E-state index contributed by atoms with van der Waals surface area (Å²) in [5.74, 6) is -0.794. The lowest BCUT2D eigenvalue weighted by molar-refractivity contribution is -0.139. The fraction of sp³-hybridized carbons (Fsp3) is 0.900. The van der Waals surface area contributed by atoms with E-state index in [4.69, 9.17) is 10.8 Å². The van der Waals surface area contributed by atoms with E-state index in [-0.39, 0.29) is 18.3 Å². The Bertz CT molecular complexity index is 153. The van der Waals surface area contributed by atoms with Crippen LogP contribution in [0.1, 0.15) is 46.0 Å². The molecule has 0 radical (unpaired) electrons.